The smallest absolute Gasteiger partial charge is 0.261 e. The molecule has 0 aromatic heterocycles. The van der Waals surface area contributed by atoms with Gasteiger partial charge in [-0.3, -0.25) is 9.52 Å². The van der Waals surface area contributed by atoms with E-state index in [1.165, 1.54) is 12.1 Å². The van der Waals surface area contributed by atoms with Gasteiger partial charge < -0.3 is 10.1 Å². The number of aryl methyl sites for hydroxylation is 2. The number of benzene rings is 3. The number of rotatable bonds is 8. The van der Waals surface area contributed by atoms with Crippen LogP contribution in [0, 0.1) is 13.8 Å². The molecule has 3 rings (SSSR count). The van der Waals surface area contributed by atoms with Gasteiger partial charge in [0.15, 0.2) is 0 Å². The fourth-order valence-corrected chi connectivity index (χ4v) is 3.95. The molecule has 162 valence electrons. The Balaban J connectivity index is 1.63. The summed E-state index contributed by atoms with van der Waals surface area (Å²) in [5.74, 6) is 0.356. The predicted octanol–water partition coefficient (Wildman–Crippen LogP) is 4.30. The summed E-state index contributed by atoms with van der Waals surface area (Å²) in [6.07, 6.45) is 0. The lowest BCUT2D eigenvalue weighted by Crippen LogP contribution is -2.36. The standard InChI is InChI=1S/C24H26N2O4S/c1-17-7-11-21(12-8-17)26-31(28,29)23-6-4-5-20(15-23)24(27)25-19(3)16-30-22-13-9-18(2)10-14-22/h4-15,19,26H,16H2,1-3H3,(H,25,27). The number of hydrogen-bond acceptors (Lipinski definition) is 4. The lowest BCUT2D eigenvalue weighted by molar-refractivity contribution is 0.0926. The minimum absolute atomic E-state index is 0.0179. The van der Waals surface area contributed by atoms with Crippen molar-refractivity contribution in [2.24, 2.45) is 0 Å². The summed E-state index contributed by atoms with van der Waals surface area (Å²) >= 11 is 0. The highest BCUT2D eigenvalue weighted by Gasteiger charge is 2.17. The Morgan fingerprint density at radius 2 is 1.55 bits per heavy atom. The monoisotopic (exact) mass is 438 g/mol. The number of hydrogen-bond donors (Lipinski definition) is 2. The van der Waals surface area contributed by atoms with Crippen molar-refractivity contribution < 1.29 is 17.9 Å². The van der Waals surface area contributed by atoms with Gasteiger partial charge in [-0.2, -0.15) is 0 Å². The van der Waals surface area contributed by atoms with Crippen LogP contribution in [0.5, 0.6) is 5.75 Å². The second-order valence-corrected chi connectivity index (χ2v) is 9.18. The van der Waals surface area contributed by atoms with Crippen LogP contribution in [0.1, 0.15) is 28.4 Å². The van der Waals surface area contributed by atoms with Crippen LogP contribution < -0.4 is 14.8 Å². The summed E-state index contributed by atoms with van der Waals surface area (Å²) in [4.78, 5) is 12.6. The molecule has 0 aliphatic carbocycles. The summed E-state index contributed by atoms with van der Waals surface area (Å²) < 4.78 is 33.6. The number of carbonyl (C=O) groups is 1. The first-order valence-corrected chi connectivity index (χ1v) is 11.4. The van der Waals surface area contributed by atoms with Crippen LogP contribution in [0.4, 0.5) is 5.69 Å². The van der Waals surface area contributed by atoms with E-state index in [1.54, 1.807) is 24.3 Å². The average molecular weight is 439 g/mol. The van der Waals surface area contributed by atoms with Gasteiger partial charge in [-0.25, -0.2) is 8.42 Å². The Kier molecular flexibility index (Phi) is 6.97. The lowest BCUT2D eigenvalue weighted by Gasteiger charge is -2.16. The van der Waals surface area contributed by atoms with Gasteiger partial charge in [-0.05, 0) is 63.2 Å². The van der Waals surface area contributed by atoms with Crippen LogP contribution in [-0.4, -0.2) is 27.0 Å². The van der Waals surface area contributed by atoms with E-state index < -0.39 is 10.0 Å². The van der Waals surface area contributed by atoms with Crippen molar-refractivity contribution >= 4 is 21.6 Å². The molecule has 1 amide bonds. The van der Waals surface area contributed by atoms with Crippen LogP contribution in [0.3, 0.4) is 0 Å². The molecule has 0 aliphatic rings. The Hall–Kier alpha value is -3.32. The first-order valence-electron chi connectivity index (χ1n) is 9.93. The van der Waals surface area contributed by atoms with E-state index >= 15 is 0 Å². The largest absolute Gasteiger partial charge is 0.491 e. The number of nitrogens with one attached hydrogen (secondary N) is 2. The van der Waals surface area contributed by atoms with E-state index in [2.05, 4.69) is 10.0 Å². The topological polar surface area (TPSA) is 84.5 Å². The summed E-state index contributed by atoms with van der Waals surface area (Å²) in [7, 11) is -3.82. The molecule has 0 saturated carbocycles. The summed E-state index contributed by atoms with van der Waals surface area (Å²) in [6.45, 7) is 6.04. The predicted molar refractivity (Wildman–Crippen MR) is 122 cm³/mol. The van der Waals surface area contributed by atoms with Gasteiger partial charge >= 0.3 is 0 Å². The van der Waals surface area contributed by atoms with E-state index in [-0.39, 0.29) is 22.4 Å². The van der Waals surface area contributed by atoms with Crippen molar-refractivity contribution in [3.63, 3.8) is 0 Å². The normalized spacial score (nSPS) is 12.1. The fourth-order valence-electron chi connectivity index (χ4n) is 2.84. The maximum absolute atomic E-state index is 12.7. The van der Waals surface area contributed by atoms with Crippen LogP contribution in [-0.2, 0) is 10.0 Å². The van der Waals surface area contributed by atoms with E-state index in [0.29, 0.717) is 12.3 Å². The van der Waals surface area contributed by atoms with Gasteiger partial charge in [0.2, 0.25) is 0 Å². The van der Waals surface area contributed by atoms with Gasteiger partial charge in [0.25, 0.3) is 15.9 Å². The van der Waals surface area contributed by atoms with Gasteiger partial charge in [0, 0.05) is 11.3 Å². The number of ether oxygens (including phenoxy) is 1. The second-order valence-electron chi connectivity index (χ2n) is 7.50. The van der Waals surface area contributed by atoms with Crippen LogP contribution in [0.15, 0.2) is 77.7 Å². The third-order valence-corrected chi connectivity index (χ3v) is 5.99. The molecule has 1 unspecified atom stereocenters. The highest BCUT2D eigenvalue weighted by atomic mass is 32.2. The van der Waals surface area contributed by atoms with Crippen LogP contribution in [0.25, 0.3) is 0 Å². The van der Waals surface area contributed by atoms with Crippen molar-refractivity contribution in [3.05, 3.63) is 89.5 Å². The van der Waals surface area contributed by atoms with Gasteiger partial charge in [-0.15, -0.1) is 0 Å². The molecule has 3 aromatic carbocycles. The van der Waals surface area contributed by atoms with Gasteiger partial charge in [0.1, 0.15) is 12.4 Å². The lowest BCUT2D eigenvalue weighted by atomic mass is 10.2. The second kappa shape index (κ2) is 9.66. The SMILES string of the molecule is Cc1ccc(NS(=O)(=O)c2cccc(C(=O)NC(C)COc3ccc(C)cc3)c2)cc1. The maximum atomic E-state index is 12.7. The molecule has 6 nitrogen and oxygen atoms in total. The molecule has 1 atom stereocenters. The van der Waals surface area contributed by atoms with Crippen molar-refractivity contribution in [1.82, 2.24) is 5.32 Å². The Labute approximate surface area is 183 Å². The zero-order valence-electron chi connectivity index (χ0n) is 17.8. The third kappa shape index (κ3) is 6.33. The van der Waals surface area contributed by atoms with Crippen molar-refractivity contribution in [1.29, 1.82) is 0 Å². The van der Waals surface area contributed by atoms with E-state index in [0.717, 1.165) is 16.9 Å². The summed E-state index contributed by atoms with van der Waals surface area (Å²) in [6, 6.07) is 20.4. The summed E-state index contributed by atoms with van der Waals surface area (Å²) in [5, 5.41) is 2.83. The molecule has 0 saturated heterocycles. The maximum Gasteiger partial charge on any atom is 0.261 e. The van der Waals surface area contributed by atoms with Crippen molar-refractivity contribution in [2.75, 3.05) is 11.3 Å². The highest BCUT2D eigenvalue weighted by molar-refractivity contribution is 7.92. The molecule has 0 aliphatic heterocycles. The fraction of sp³-hybridized carbons (Fsp3) is 0.208. The van der Waals surface area contributed by atoms with Crippen molar-refractivity contribution in [2.45, 2.75) is 31.7 Å². The molecule has 3 aromatic rings. The molecule has 0 bridgehead atoms. The van der Waals surface area contributed by atoms with Gasteiger partial charge in [0.05, 0.1) is 10.9 Å². The summed E-state index contributed by atoms with van der Waals surface area (Å²) in [5.41, 5.74) is 2.89. The van der Waals surface area contributed by atoms with Crippen LogP contribution >= 0.6 is 0 Å². The minimum Gasteiger partial charge on any atom is -0.491 e. The molecule has 7 heteroatoms. The van der Waals surface area contributed by atoms with Crippen molar-refractivity contribution in [3.8, 4) is 5.75 Å². The minimum atomic E-state index is -3.82. The zero-order chi connectivity index (χ0) is 22.4. The molecule has 2 N–H and O–H groups in total. The number of carbonyl (C=O) groups excluding carboxylic acids is 1. The highest BCUT2D eigenvalue weighted by Crippen LogP contribution is 2.18. The first kappa shape index (κ1) is 22.4. The Morgan fingerprint density at radius 1 is 0.935 bits per heavy atom. The Morgan fingerprint density at radius 3 is 2.19 bits per heavy atom. The molecule has 31 heavy (non-hydrogen) atoms. The molecule has 0 spiro atoms. The number of sulfonamides is 1. The molecule has 0 radical (unpaired) electrons. The van der Waals surface area contributed by atoms with Crippen LogP contribution in [0.2, 0.25) is 0 Å². The first-order chi connectivity index (χ1) is 14.7. The van der Waals surface area contributed by atoms with Gasteiger partial charge in [-0.1, -0.05) is 41.5 Å². The molecule has 0 heterocycles. The Bertz CT molecular complexity index is 1140. The molecular formula is C24H26N2O4S. The number of amides is 1. The average Bonchev–Trinajstić information content (AvgIpc) is 2.75. The quantitative estimate of drug-likeness (QED) is 0.549. The molecular weight excluding hydrogens is 412 g/mol. The van der Waals surface area contributed by atoms with E-state index in [1.807, 2.05) is 57.2 Å². The van der Waals surface area contributed by atoms with E-state index in [9.17, 15) is 13.2 Å². The molecule has 0 fully saturated rings. The third-order valence-electron chi connectivity index (χ3n) is 4.61. The zero-order valence-corrected chi connectivity index (χ0v) is 18.6. The number of anilines is 1. The van der Waals surface area contributed by atoms with E-state index in [4.69, 9.17) is 4.74 Å².